The summed E-state index contributed by atoms with van der Waals surface area (Å²) in [6.07, 6.45) is 5.89. The maximum Gasteiger partial charge on any atom is 0.339 e. The van der Waals surface area contributed by atoms with Crippen molar-refractivity contribution in [2.75, 3.05) is 7.05 Å². The van der Waals surface area contributed by atoms with E-state index in [0.29, 0.717) is 22.5 Å². The van der Waals surface area contributed by atoms with Gasteiger partial charge < -0.3 is 10.8 Å². The predicted octanol–water partition coefficient (Wildman–Crippen LogP) is 0.736. The molecule has 0 saturated carbocycles. The number of carbonyl (C=O) groups is 1. The van der Waals surface area contributed by atoms with Gasteiger partial charge in [-0.1, -0.05) is 0 Å². The molecule has 7 nitrogen and oxygen atoms in total. The van der Waals surface area contributed by atoms with Crippen molar-refractivity contribution in [3.63, 3.8) is 0 Å². The Labute approximate surface area is 109 Å². The summed E-state index contributed by atoms with van der Waals surface area (Å²) in [5.74, 6) is -1.03. The Hall–Kier alpha value is -2.70. The van der Waals surface area contributed by atoms with Crippen LogP contribution in [0, 0.1) is 6.92 Å². The molecule has 2 heterocycles. The first-order valence-electron chi connectivity index (χ1n) is 5.51. The van der Waals surface area contributed by atoms with Crippen LogP contribution in [-0.4, -0.2) is 38.9 Å². The van der Waals surface area contributed by atoms with E-state index < -0.39 is 5.97 Å². The fraction of sp³-hybridized carbons (Fsp3) is 0.167. The molecule has 2 aromatic heterocycles. The summed E-state index contributed by atoms with van der Waals surface area (Å²) < 4.78 is 1.48. The number of fused-ring (bicyclic) bond motifs is 1. The molecule has 0 saturated heterocycles. The molecule has 0 aromatic carbocycles. The molecular weight excluding hydrogens is 246 g/mol. The van der Waals surface area contributed by atoms with Crippen molar-refractivity contribution in [1.29, 1.82) is 0 Å². The van der Waals surface area contributed by atoms with Crippen LogP contribution in [0.1, 0.15) is 21.7 Å². The number of carboxylic acids is 1. The maximum absolute atomic E-state index is 11.1. The van der Waals surface area contributed by atoms with Gasteiger partial charge in [0.15, 0.2) is 0 Å². The van der Waals surface area contributed by atoms with Gasteiger partial charge in [-0.3, -0.25) is 4.99 Å². The fourth-order valence-corrected chi connectivity index (χ4v) is 1.83. The topological polar surface area (TPSA) is 106 Å². The standard InChI is InChI=1S/C12H13N5O2/c1-7-11-9(12(18)19)5-15-17(11)6-10(16-7)8(3-13)4-14-2/h3-6H,13H2,1-2H3,(H,18,19). The van der Waals surface area contributed by atoms with Gasteiger partial charge in [-0.15, -0.1) is 0 Å². The number of allylic oxidation sites excluding steroid dienone is 1. The molecule has 0 amide bonds. The lowest BCUT2D eigenvalue weighted by Gasteiger charge is -2.05. The van der Waals surface area contributed by atoms with E-state index in [1.165, 1.54) is 16.9 Å². The summed E-state index contributed by atoms with van der Waals surface area (Å²) in [5, 5.41) is 13.1. The number of aromatic carboxylic acids is 1. The first kappa shape index (κ1) is 12.7. The number of nitrogens with two attached hydrogens (primary N) is 1. The maximum atomic E-state index is 11.1. The molecule has 2 aromatic rings. The number of aromatic nitrogens is 3. The molecule has 0 spiro atoms. The molecule has 0 aliphatic heterocycles. The minimum atomic E-state index is -1.03. The zero-order chi connectivity index (χ0) is 14.0. The molecule has 0 aliphatic rings. The highest BCUT2D eigenvalue weighted by Gasteiger charge is 2.15. The van der Waals surface area contributed by atoms with E-state index in [-0.39, 0.29) is 5.56 Å². The van der Waals surface area contributed by atoms with Gasteiger partial charge in [0.05, 0.1) is 23.8 Å². The van der Waals surface area contributed by atoms with Crippen molar-refractivity contribution >= 4 is 23.3 Å². The van der Waals surface area contributed by atoms with E-state index >= 15 is 0 Å². The second-order valence-corrected chi connectivity index (χ2v) is 3.88. The molecule has 3 N–H and O–H groups in total. The monoisotopic (exact) mass is 259 g/mol. The van der Waals surface area contributed by atoms with Crippen molar-refractivity contribution in [2.45, 2.75) is 6.92 Å². The predicted molar refractivity (Wildman–Crippen MR) is 71.3 cm³/mol. The van der Waals surface area contributed by atoms with E-state index in [4.69, 9.17) is 10.8 Å². The highest BCUT2D eigenvalue weighted by molar-refractivity contribution is 6.08. The van der Waals surface area contributed by atoms with Gasteiger partial charge in [0, 0.05) is 25.0 Å². The van der Waals surface area contributed by atoms with Crippen LogP contribution in [0.15, 0.2) is 23.6 Å². The van der Waals surface area contributed by atoms with Crippen LogP contribution in [0.25, 0.3) is 11.1 Å². The molecule has 2 rings (SSSR count). The van der Waals surface area contributed by atoms with Crippen molar-refractivity contribution in [2.24, 2.45) is 10.7 Å². The molecule has 0 bridgehead atoms. The average molecular weight is 259 g/mol. The van der Waals surface area contributed by atoms with Crippen molar-refractivity contribution in [1.82, 2.24) is 14.6 Å². The van der Waals surface area contributed by atoms with Gasteiger partial charge >= 0.3 is 5.97 Å². The Kier molecular flexibility index (Phi) is 3.28. The van der Waals surface area contributed by atoms with Gasteiger partial charge in [-0.05, 0) is 6.92 Å². The lowest BCUT2D eigenvalue weighted by molar-refractivity contribution is 0.0699. The normalized spacial score (nSPS) is 12.4. The molecular formula is C12H13N5O2. The summed E-state index contributed by atoms with van der Waals surface area (Å²) in [6.45, 7) is 1.73. The lowest BCUT2D eigenvalue weighted by atomic mass is 10.2. The number of carboxylic acid groups (broad SMARTS) is 1. The highest BCUT2D eigenvalue weighted by Crippen LogP contribution is 2.17. The number of nitrogens with zero attached hydrogens (tertiary/aromatic N) is 4. The van der Waals surface area contributed by atoms with Crippen molar-refractivity contribution in [3.05, 3.63) is 35.5 Å². The minimum absolute atomic E-state index is 0.124. The lowest BCUT2D eigenvalue weighted by Crippen LogP contribution is -2.03. The molecule has 0 atom stereocenters. The molecule has 0 unspecified atom stereocenters. The van der Waals surface area contributed by atoms with Gasteiger partial charge in [0.25, 0.3) is 0 Å². The second-order valence-electron chi connectivity index (χ2n) is 3.88. The second kappa shape index (κ2) is 4.89. The van der Waals surface area contributed by atoms with Crippen LogP contribution in [0.2, 0.25) is 0 Å². The quantitative estimate of drug-likeness (QED) is 0.790. The zero-order valence-corrected chi connectivity index (χ0v) is 10.5. The number of aliphatic imine (C=N–C) groups is 1. The third-order valence-corrected chi connectivity index (χ3v) is 2.64. The smallest absolute Gasteiger partial charge is 0.339 e. The SMILES string of the molecule is CN=CC(=CN)c1cn2ncc(C(=O)O)c2c(C)n1. The average Bonchev–Trinajstić information content (AvgIpc) is 2.80. The van der Waals surface area contributed by atoms with Crippen LogP contribution in [0.5, 0.6) is 0 Å². The Morgan fingerprint density at radius 2 is 2.32 bits per heavy atom. The Balaban J connectivity index is 2.67. The van der Waals surface area contributed by atoms with Gasteiger partial charge in [-0.2, -0.15) is 5.10 Å². The largest absolute Gasteiger partial charge is 0.478 e. The van der Waals surface area contributed by atoms with Gasteiger partial charge in [0.1, 0.15) is 11.1 Å². The first-order chi connectivity index (χ1) is 9.08. The van der Waals surface area contributed by atoms with E-state index in [2.05, 4.69) is 15.1 Å². The summed E-state index contributed by atoms with van der Waals surface area (Å²) >= 11 is 0. The highest BCUT2D eigenvalue weighted by atomic mass is 16.4. The molecule has 0 aliphatic carbocycles. The number of hydrogen-bond donors (Lipinski definition) is 2. The summed E-state index contributed by atoms with van der Waals surface area (Å²) in [7, 11) is 1.63. The number of hydrogen-bond acceptors (Lipinski definition) is 5. The van der Waals surface area contributed by atoms with E-state index in [9.17, 15) is 4.79 Å². The Morgan fingerprint density at radius 1 is 1.58 bits per heavy atom. The van der Waals surface area contributed by atoms with Crippen LogP contribution in [-0.2, 0) is 0 Å². The van der Waals surface area contributed by atoms with E-state index in [1.807, 2.05) is 0 Å². The molecule has 19 heavy (non-hydrogen) atoms. The Morgan fingerprint density at radius 3 is 2.89 bits per heavy atom. The van der Waals surface area contributed by atoms with Crippen molar-refractivity contribution < 1.29 is 9.90 Å². The summed E-state index contributed by atoms with van der Waals surface area (Å²) in [5.41, 5.74) is 7.90. The zero-order valence-electron chi connectivity index (χ0n) is 10.5. The summed E-state index contributed by atoms with van der Waals surface area (Å²) in [4.78, 5) is 19.3. The molecule has 0 radical (unpaired) electrons. The molecule has 0 fully saturated rings. The first-order valence-corrected chi connectivity index (χ1v) is 5.51. The fourth-order valence-electron chi connectivity index (χ4n) is 1.83. The van der Waals surface area contributed by atoms with E-state index in [0.717, 1.165) is 0 Å². The third kappa shape index (κ3) is 2.17. The van der Waals surface area contributed by atoms with Crippen LogP contribution in [0.4, 0.5) is 0 Å². The van der Waals surface area contributed by atoms with Crippen LogP contribution < -0.4 is 5.73 Å². The number of aryl methyl sites for hydroxylation is 1. The van der Waals surface area contributed by atoms with Crippen LogP contribution >= 0.6 is 0 Å². The Bertz CT molecular complexity index is 699. The number of rotatable bonds is 3. The third-order valence-electron chi connectivity index (χ3n) is 2.64. The van der Waals surface area contributed by atoms with Gasteiger partial charge in [-0.25, -0.2) is 14.3 Å². The minimum Gasteiger partial charge on any atom is -0.478 e. The van der Waals surface area contributed by atoms with Crippen molar-refractivity contribution in [3.8, 4) is 0 Å². The molecule has 98 valence electrons. The van der Waals surface area contributed by atoms with E-state index in [1.54, 1.807) is 26.4 Å². The molecule has 7 heteroatoms. The summed E-state index contributed by atoms with van der Waals surface area (Å²) in [6, 6.07) is 0. The van der Waals surface area contributed by atoms with Crippen LogP contribution in [0.3, 0.4) is 0 Å². The van der Waals surface area contributed by atoms with Gasteiger partial charge in [0.2, 0.25) is 0 Å².